The molecule has 1 rings (SSSR count). The van der Waals surface area contributed by atoms with Crippen molar-refractivity contribution in [3.8, 4) is 0 Å². The summed E-state index contributed by atoms with van der Waals surface area (Å²) >= 11 is 0. The maximum atomic E-state index is 10.9. The lowest BCUT2D eigenvalue weighted by atomic mass is 10.1. The third-order valence-corrected chi connectivity index (χ3v) is 2.04. The molecule has 0 saturated carbocycles. The number of carbonyl (C=O) groups is 1. The van der Waals surface area contributed by atoms with E-state index in [0.29, 0.717) is 5.78 Å². The second-order valence-electron chi connectivity index (χ2n) is 3.82. The summed E-state index contributed by atoms with van der Waals surface area (Å²) in [7, 11) is 0. The molecule has 0 atom stereocenters. The van der Waals surface area contributed by atoms with E-state index >= 15 is 0 Å². The molecule has 0 aromatic rings. The summed E-state index contributed by atoms with van der Waals surface area (Å²) in [5.74, 6) is 1.16. The molecule has 1 heterocycles. The highest BCUT2D eigenvalue weighted by Gasteiger charge is 2.15. The van der Waals surface area contributed by atoms with Crippen LogP contribution in [0.25, 0.3) is 0 Å². The van der Waals surface area contributed by atoms with E-state index in [-0.39, 0.29) is 6.15 Å². The Kier molecular flexibility index (Phi) is 6.89. The first kappa shape index (κ1) is 13.0. The van der Waals surface area contributed by atoms with Gasteiger partial charge in [-0.3, -0.25) is 4.79 Å². The Bertz CT molecular complexity index is 197. The molecule has 1 aliphatic heterocycles. The van der Waals surface area contributed by atoms with E-state index in [1.807, 2.05) is 0 Å². The SMILES string of the molecule is CC(C)CN1CCC(=O)CC1.O=C=O. The molecule has 14 heavy (non-hydrogen) atoms. The van der Waals surface area contributed by atoms with Gasteiger partial charge in [0.25, 0.3) is 0 Å². The molecule has 0 unspecified atom stereocenters. The molecule has 0 bridgehead atoms. The zero-order chi connectivity index (χ0) is 11.0. The molecule has 0 aromatic carbocycles. The minimum atomic E-state index is 0.250. The topological polar surface area (TPSA) is 54.5 Å². The van der Waals surface area contributed by atoms with Gasteiger partial charge in [0.2, 0.25) is 0 Å². The lowest BCUT2D eigenvalue weighted by Crippen LogP contribution is -2.36. The number of hydrogen-bond donors (Lipinski definition) is 0. The van der Waals surface area contributed by atoms with Gasteiger partial charge in [-0.1, -0.05) is 13.8 Å². The molecular weight excluding hydrogens is 182 g/mol. The van der Waals surface area contributed by atoms with Crippen molar-refractivity contribution in [3.05, 3.63) is 0 Å². The predicted octanol–water partition coefficient (Wildman–Crippen LogP) is 0.724. The van der Waals surface area contributed by atoms with Gasteiger partial charge in [0.15, 0.2) is 0 Å². The van der Waals surface area contributed by atoms with Crippen molar-refractivity contribution in [2.75, 3.05) is 19.6 Å². The fourth-order valence-corrected chi connectivity index (χ4v) is 1.50. The van der Waals surface area contributed by atoms with Crippen LogP contribution in [0.15, 0.2) is 0 Å². The van der Waals surface area contributed by atoms with E-state index in [2.05, 4.69) is 18.7 Å². The van der Waals surface area contributed by atoms with Crippen molar-refractivity contribution in [2.24, 2.45) is 5.92 Å². The van der Waals surface area contributed by atoms with E-state index in [4.69, 9.17) is 9.59 Å². The van der Waals surface area contributed by atoms with Crippen molar-refractivity contribution in [1.29, 1.82) is 0 Å². The van der Waals surface area contributed by atoms with Gasteiger partial charge in [-0.05, 0) is 5.92 Å². The van der Waals surface area contributed by atoms with Gasteiger partial charge >= 0.3 is 6.15 Å². The number of ketones is 1. The first-order valence-electron chi connectivity index (χ1n) is 4.83. The van der Waals surface area contributed by atoms with Gasteiger partial charge in [0.1, 0.15) is 5.78 Å². The van der Waals surface area contributed by atoms with Gasteiger partial charge in [-0.15, -0.1) is 0 Å². The minimum absolute atomic E-state index is 0.250. The van der Waals surface area contributed by atoms with Crippen LogP contribution in [0.4, 0.5) is 0 Å². The average molecular weight is 199 g/mol. The molecule has 1 saturated heterocycles. The van der Waals surface area contributed by atoms with Crippen LogP contribution >= 0.6 is 0 Å². The number of Topliss-reactive ketones (excluding diaryl/α,β-unsaturated/α-hetero) is 1. The Morgan fingerprint density at radius 3 is 2.07 bits per heavy atom. The molecule has 0 N–H and O–H groups in total. The average Bonchev–Trinajstić information content (AvgIpc) is 2.09. The summed E-state index contributed by atoms with van der Waals surface area (Å²) in [5.41, 5.74) is 0. The highest BCUT2D eigenvalue weighted by Crippen LogP contribution is 2.07. The molecule has 0 radical (unpaired) electrons. The molecule has 1 fully saturated rings. The number of likely N-dealkylation sites (tertiary alicyclic amines) is 1. The fourth-order valence-electron chi connectivity index (χ4n) is 1.50. The van der Waals surface area contributed by atoms with Crippen molar-refractivity contribution < 1.29 is 14.4 Å². The molecule has 4 heteroatoms. The number of piperidine rings is 1. The van der Waals surface area contributed by atoms with Gasteiger partial charge in [0.05, 0.1) is 0 Å². The highest BCUT2D eigenvalue weighted by molar-refractivity contribution is 5.79. The predicted molar refractivity (Wildman–Crippen MR) is 50.5 cm³/mol. The Labute approximate surface area is 84.3 Å². The lowest BCUT2D eigenvalue weighted by molar-refractivity contribution is -0.191. The molecule has 0 aromatic heterocycles. The summed E-state index contributed by atoms with van der Waals surface area (Å²) in [6, 6.07) is 0. The number of hydrogen-bond acceptors (Lipinski definition) is 4. The van der Waals surface area contributed by atoms with Crippen molar-refractivity contribution in [1.82, 2.24) is 4.90 Å². The van der Waals surface area contributed by atoms with Gasteiger partial charge in [-0.25, -0.2) is 0 Å². The molecule has 1 aliphatic rings. The summed E-state index contributed by atoms with van der Waals surface area (Å²) < 4.78 is 0. The Hall–Kier alpha value is -0.990. The normalized spacial score (nSPS) is 17.2. The van der Waals surface area contributed by atoms with Crippen LogP contribution < -0.4 is 0 Å². The maximum absolute atomic E-state index is 10.9. The minimum Gasteiger partial charge on any atom is -0.302 e. The lowest BCUT2D eigenvalue weighted by Gasteiger charge is -2.27. The number of carbonyl (C=O) groups excluding carboxylic acids is 3. The van der Waals surface area contributed by atoms with Crippen LogP contribution in [0, 0.1) is 5.92 Å². The van der Waals surface area contributed by atoms with E-state index in [9.17, 15) is 4.79 Å². The van der Waals surface area contributed by atoms with Crippen LogP contribution in [0.5, 0.6) is 0 Å². The molecule has 80 valence electrons. The zero-order valence-electron chi connectivity index (χ0n) is 8.78. The van der Waals surface area contributed by atoms with Gasteiger partial charge < -0.3 is 4.90 Å². The quantitative estimate of drug-likeness (QED) is 0.657. The molecule has 0 amide bonds. The Balaban J connectivity index is 0.000000500. The molecule has 0 aliphatic carbocycles. The zero-order valence-corrected chi connectivity index (χ0v) is 8.78. The second kappa shape index (κ2) is 7.42. The summed E-state index contributed by atoms with van der Waals surface area (Å²) in [6.07, 6.45) is 1.79. The van der Waals surface area contributed by atoms with Crippen molar-refractivity contribution in [3.63, 3.8) is 0 Å². The van der Waals surface area contributed by atoms with Crippen LogP contribution in [-0.4, -0.2) is 36.5 Å². The van der Waals surface area contributed by atoms with Crippen molar-refractivity contribution in [2.45, 2.75) is 26.7 Å². The second-order valence-corrected chi connectivity index (χ2v) is 3.82. The largest absolute Gasteiger partial charge is 0.373 e. The first-order chi connectivity index (χ1) is 6.60. The van der Waals surface area contributed by atoms with Crippen LogP contribution in [0.2, 0.25) is 0 Å². The first-order valence-corrected chi connectivity index (χ1v) is 4.83. The van der Waals surface area contributed by atoms with E-state index < -0.39 is 0 Å². The molecule has 4 nitrogen and oxygen atoms in total. The van der Waals surface area contributed by atoms with Gasteiger partial charge in [0, 0.05) is 32.5 Å². The Morgan fingerprint density at radius 1 is 1.29 bits per heavy atom. The van der Waals surface area contributed by atoms with E-state index in [1.54, 1.807) is 0 Å². The summed E-state index contributed by atoms with van der Waals surface area (Å²) in [4.78, 5) is 29.5. The van der Waals surface area contributed by atoms with Crippen LogP contribution in [-0.2, 0) is 14.4 Å². The third-order valence-electron chi connectivity index (χ3n) is 2.04. The standard InChI is InChI=1S/C9H17NO.CO2/c1-8(2)7-10-5-3-9(11)4-6-10;2-1-3/h8H,3-7H2,1-2H3;. The number of rotatable bonds is 2. The molecular formula is C10H17NO3. The monoisotopic (exact) mass is 199 g/mol. The smallest absolute Gasteiger partial charge is 0.302 e. The van der Waals surface area contributed by atoms with Crippen LogP contribution in [0.1, 0.15) is 26.7 Å². The fraction of sp³-hybridized carbons (Fsp3) is 0.800. The van der Waals surface area contributed by atoms with E-state index in [1.165, 1.54) is 0 Å². The number of nitrogens with zero attached hydrogens (tertiary/aromatic N) is 1. The van der Waals surface area contributed by atoms with Crippen LogP contribution in [0.3, 0.4) is 0 Å². The summed E-state index contributed by atoms with van der Waals surface area (Å²) in [6.45, 7) is 7.55. The highest BCUT2D eigenvalue weighted by atomic mass is 16.2. The maximum Gasteiger partial charge on any atom is 0.373 e. The molecule has 0 spiro atoms. The van der Waals surface area contributed by atoms with E-state index in [0.717, 1.165) is 38.4 Å². The third kappa shape index (κ3) is 6.52. The van der Waals surface area contributed by atoms with Crippen molar-refractivity contribution >= 4 is 11.9 Å². The summed E-state index contributed by atoms with van der Waals surface area (Å²) in [5, 5.41) is 0. The Morgan fingerprint density at radius 2 is 1.71 bits per heavy atom. The van der Waals surface area contributed by atoms with Gasteiger partial charge in [-0.2, -0.15) is 9.59 Å².